The fraction of sp³-hybridized carbons (Fsp3) is 1.00. The molecule has 1 heterocycles. The van der Waals surface area contributed by atoms with Crippen molar-refractivity contribution < 1.29 is 8.42 Å². The second-order valence-corrected chi connectivity index (χ2v) is 9.17. The number of unbranched alkanes of at least 4 members (excludes halogenated alkanes) is 1. The van der Waals surface area contributed by atoms with Crippen molar-refractivity contribution in [3.8, 4) is 0 Å². The number of rotatable bonds is 8. The third kappa shape index (κ3) is 5.87. The minimum Gasteiger partial charge on any atom is -0.314 e. The first-order valence-corrected chi connectivity index (χ1v) is 10.3. The van der Waals surface area contributed by atoms with E-state index in [4.69, 9.17) is 0 Å². The average molecular weight is 317 g/mol. The maximum absolute atomic E-state index is 12.4. The Kier molecular flexibility index (Phi) is 6.51. The van der Waals surface area contributed by atoms with E-state index >= 15 is 0 Å². The van der Waals surface area contributed by atoms with E-state index in [-0.39, 0.29) is 0 Å². The van der Waals surface area contributed by atoms with Crippen LogP contribution in [0.25, 0.3) is 0 Å². The number of sulfonamides is 1. The van der Waals surface area contributed by atoms with Crippen molar-refractivity contribution in [2.45, 2.75) is 64.8 Å². The monoisotopic (exact) mass is 316 g/mol. The van der Waals surface area contributed by atoms with Crippen LogP contribution >= 0.6 is 0 Å². The molecule has 5 heteroatoms. The largest absolute Gasteiger partial charge is 0.314 e. The molecule has 0 aromatic heterocycles. The molecule has 0 aromatic rings. The van der Waals surface area contributed by atoms with E-state index in [0.29, 0.717) is 17.6 Å². The van der Waals surface area contributed by atoms with Crippen LogP contribution in [0.15, 0.2) is 0 Å². The summed E-state index contributed by atoms with van der Waals surface area (Å²) in [5.41, 5.74) is 0. The van der Waals surface area contributed by atoms with Crippen LogP contribution in [-0.4, -0.2) is 44.2 Å². The summed E-state index contributed by atoms with van der Waals surface area (Å²) in [5, 5.41) is 3.44. The summed E-state index contributed by atoms with van der Waals surface area (Å²) in [6.07, 6.45) is 7.57. The maximum Gasteiger partial charge on any atom is 0.214 e. The van der Waals surface area contributed by atoms with Crippen LogP contribution < -0.4 is 5.32 Å². The second-order valence-electron chi connectivity index (χ2n) is 7.09. The Morgan fingerprint density at radius 1 is 1.10 bits per heavy atom. The lowest BCUT2D eigenvalue weighted by atomic mass is 9.89. The molecular formula is C16H32N2O2S. The van der Waals surface area contributed by atoms with Gasteiger partial charge in [0.15, 0.2) is 0 Å². The number of hydrogen-bond acceptors (Lipinski definition) is 3. The van der Waals surface area contributed by atoms with Crippen LogP contribution in [0.2, 0.25) is 0 Å². The third-order valence-corrected chi connectivity index (χ3v) is 6.86. The Morgan fingerprint density at radius 2 is 1.86 bits per heavy atom. The zero-order valence-corrected chi connectivity index (χ0v) is 14.5. The summed E-state index contributed by atoms with van der Waals surface area (Å²) in [7, 11) is -3.04. The van der Waals surface area contributed by atoms with Gasteiger partial charge >= 0.3 is 0 Å². The van der Waals surface area contributed by atoms with Crippen molar-refractivity contribution in [3.63, 3.8) is 0 Å². The molecule has 1 unspecified atom stereocenters. The van der Waals surface area contributed by atoms with Crippen molar-refractivity contribution in [2.24, 2.45) is 11.8 Å². The maximum atomic E-state index is 12.4. The highest BCUT2D eigenvalue weighted by Gasteiger charge is 2.26. The first-order valence-electron chi connectivity index (χ1n) is 8.70. The van der Waals surface area contributed by atoms with Gasteiger partial charge in [-0.05, 0) is 63.3 Å². The predicted molar refractivity (Wildman–Crippen MR) is 87.8 cm³/mol. The van der Waals surface area contributed by atoms with Gasteiger partial charge in [0.1, 0.15) is 0 Å². The molecule has 0 aromatic carbocycles. The third-order valence-electron chi connectivity index (χ3n) is 4.91. The first kappa shape index (κ1) is 17.2. The topological polar surface area (TPSA) is 49.4 Å². The van der Waals surface area contributed by atoms with Crippen molar-refractivity contribution in [1.82, 2.24) is 9.62 Å². The summed E-state index contributed by atoms with van der Waals surface area (Å²) < 4.78 is 26.6. The molecule has 2 aliphatic rings. The van der Waals surface area contributed by atoms with Gasteiger partial charge in [0.05, 0.1) is 5.75 Å². The Morgan fingerprint density at radius 3 is 2.52 bits per heavy atom. The smallest absolute Gasteiger partial charge is 0.214 e. The Bertz CT molecular complexity index is 405. The van der Waals surface area contributed by atoms with Crippen molar-refractivity contribution in [2.75, 3.05) is 25.4 Å². The summed E-state index contributed by atoms with van der Waals surface area (Å²) >= 11 is 0. The summed E-state index contributed by atoms with van der Waals surface area (Å²) in [4.78, 5) is 0. The lowest BCUT2D eigenvalue weighted by Crippen LogP contribution is -2.34. The van der Waals surface area contributed by atoms with Gasteiger partial charge in [-0.25, -0.2) is 12.7 Å². The molecule has 0 spiro atoms. The van der Waals surface area contributed by atoms with Gasteiger partial charge in [-0.2, -0.15) is 0 Å². The van der Waals surface area contributed by atoms with Gasteiger partial charge in [0.2, 0.25) is 10.0 Å². The summed E-state index contributed by atoms with van der Waals surface area (Å²) in [5.74, 6) is 1.68. The Hall–Kier alpha value is -0.130. The molecule has 2 fully saturated rings. The molecule has 124 valence electrons. The minimum absolute atomic E-state index is 0.325. The lowest BCUT2D eigenvalue weighted by Gasteiger charge is -2.21. The SMILES string of the molecule is CC(C)C1CCCN(S(=O)(=O)CCCCNC2CC2)CC1. The molecule has 4 nitrogen and oxygen atoms in total. The summed E-state index contributed by atoms with van der Waals surface area (Å²) in [6, 6.07) is 0.722. The molecule has 21 heavy (non-hydrogen) atoms. The van der Waals surface area contributed by atoms with E-state index in [1.165, 1.54) is 19.3 Å². The fourth-order valence-corrected chi connectivity index (χ4v) is 4.79. The van der Waals surface area contributed by atoms with Gasteiger partial charge in [0.25, 0.3) is 0 Å². The van der Waals surface area contributed by atoms with E-state index in [2.05, 4.69) is 19.2 Å². The molecule has 1 aliphatic carbocycles. The molecule has 0 radical (unpaired) electrons. The van der Waals surface area contributed by atoms with Gasteiger partial charge in [-0.3, -0.25) is 0 Å². The zero-order valence-electron chi connectivity index (χ0n) is 13.7. The highest BCUT2D eigenvalue weighted by molar-refractivity contribution is 7.89. The van der Waals surface area contributed by atoms with Crippen LogP contribution in [0.5, 0.6) is 0 Å². The Balaban J connectivity index is 1.70. The highest BCUT2D eigenvalue weighted by Crippen LogP contribution is 2.26. The standard InChI is InChI=1S/C16H32N2O2S/c1-14(2)15-6-5-11-18(12-9-15)21(19,20)13-4-3-10-17-16-7-8-16/h14-17H,3-13H2,1-2H3. The fourth-order valence-electron chi connectivity index (χ4n) is 3.17. The summed E-state index contributed by atoms with van der Waals surface area (Å²) in [6.45, 7) is 6.93. The van der Waals surface area contributed by atoms with Gasteiger partial charge in [-0.1, -0.05) is 13.8 Å². The molecule has 1 saturated carbocycles. The van der Waals surface area contributed by atoms with E-state index < -0.39 is 10.0 Å². The molecule has 1 aliphatic heterocycles. The van der Waals surface area contributed by atoms with Crippen LogP contribution in [0.4, 0.5) is 0 Å². The number of nitrogens with one attached hydrogen (secondary N) is 1. The first-order chi connectivity index (χ1) is 9.99. The van der Waals surface area contributed by atoms with E-state index in [0.717, 1.165) is 51.4 Å². The normalized spacial score (nSPS) is 25.2. The van der Waals surface area contributed by atoms with E-state index in [1.54, 1.807) is 4.31 Å². The van der Waals surface area contributed by atoms with E-state index in [1.807, 2.05) is 0 Å². The quantitative estimate of drug-likeness (QED) is 0.700. The predicted octanol–water partition coefficient (Wildman–Crippen LogP) is 2.61. The minimum atomic E-state index is -3.04. The van der Waals surface area contributed by atoms with Crippen LogP contribution in [0.1, 0.15) is 58.8 Å². The van der Waals surface area contributed by atoms with Crippen molar-refractivity contribution in [3.05, 3.63) is 0 Å². The van der Waals surface area contributed by atoms with Crippen LogP contribution in [0, 0.1) is 11.8 Å². The zero-order chi connectivity index (χ0) is 15.3. The average Bonchev–Trinajstić information content (AvgIpc) is 3.24. The van der Waals surface area contributed by atoms with Crippen molar-refractivity contribution in [1.29, 1.82) is 0 Å². The molecule has 1 saturated heterocycles. The van der Waals surface area contributed by atoms with Gasteiger partial charge < -0.3 is 5.32 Å². The van der Waals surface area contributed by atoms with Crippen LogP contribution in [0.3, 0.4) is 0 Å². The molecule has 1 atom stereocenters. The lowest BCUT2D eigenvalue weighted by molar-refractivity contribution is 0.340. The molecule has 1 N–H and O–H groups in total. The molecule has 0 bridgehead atoms. The molecule has 2 rings (SSSR count). The Labute approximate surface area is 130 Å². The van der Waals surface area contributed by atoms with Gasteiger partial charge in [0, 0.05) is 19.1 Å². The number of nitrogens with zero attached hydrogens (tertiary/aromatic N) is 1. The molecular weight excluding hydrogens is 284 g/mol. The second kappa shape index (κ2) is 7.93. The molecule has 0 amide bonds. The van der Waals surface area contributed by atoms with Crippen LogP contribution in [-0.2, 0) is 10.0 Å². The van der Waals surface area contributed by atoms with E-state index in [9.17, 15) is 8.42 Å². The van der Waals surface area contributed by atoms with Gasteiger partial charge in [-0.15, -0.1) is 0 Å². The highest BCUT2D eigenvalue weighted by atomic mass is 32.2. The van der Waals surface area contributed by atoms with Crippen molar-refractivity contribution >= 4 is 10.0 Å². The number of hydrogen-bond donors (Lipinski definition) is 1.